The van der Waals surface area contributed by atoms with E-state index in [4.69, 9.17) is 0 Å². The van der Waals surface area contributed by atoms with E-state index in [0.717, 1.165) is 0 Å². The molecule has 132 valence electrons. The second kappa shape index (κ2) is 7.85. The molecule has 1 aliphatic heterocycles. The van der Waals surface area contributed by atoms with Gasteiger partial charge in [-0.2, -0.15) is 0 Å². The van der Waals surface area contributed by atoms with Crippen molar-refractivity contribution in [3.05, 3.63) is 70.8 Å². The molecule has 0 bridgehead atoms. The quantitative estimate of drug-likeness (QED) is 0.786. The maximum atomic E-state index is 13.0. The molecule has 0 aliphatic carbocycles. The van der Waals surface area contributed by atoms with Gasteiger partial charge in [0.1, 0.15) is 0 Å². The summed E-state index contributed by atoms with van der Waals surface area (Å²) >= 11 is 0. The minimum absolute atomic E-state index is 0.0464. The molecule has 5 heteroatoms. The highest BCUT2D eigenvalue weighted by molar-refractivity contribution is 5.97. The van der Waals surface area contributed by atoms with Crippen LogP contribution in [0.4, 0.5) is 8.78 Å². The predicted molar refractivity (Wildman–Crippen MR) is 91.7 cm³/mol. The number of hydrogen-bond donors (Lipinski definition) is 2. The van der Waals surface area contributed by atoms with Crippen molar-refractivity contribution < 1.29 is 18.7 Å². The highest BCUT2D eigenvalue weighted by Gasteiger charge is 2.25. The molecule has 2 atom stereocenters. The van der Waals surface area contributed by atoms with Gasteiger partial charge in [-0.25, -0.2) is 8.78 Å². The van der Waals surface area contributed by atoms with Gasteiger partial charge in [-0.05, 0) is 24.0 Å². The van der Waals surface area contributed by atoms with Crippen LogP contribution in [0.3, 0.4) is 0 Å². The normalized spacial score (nSPS) is 18.0. The summed E-state index contributed by atoms with van der Waals surface area (Å²) in [6, 6.07) is 13.7. The lowest BCUT2D eigenvalue weighted by Gasteiger charge is -2.29. The molecule has 2 aromatic carbocycles. The van der Waals surface area contributed by atoms with Crippen molar-refractivity contribution in [1.29, 1.82) is 0 Å². The lowest BCUT2D eigenvalue weighted by Crippen LogP contribution is -2.44. The van der Waals surface area contributed by atoms with Gasteiger partial charge in [-0.1, -0.05) is 48.5 Å². The summed E-state index contributed by atoms with van der Waals surface area (Å²) < 4.78 is 26.0. The zero-order valence-electron chi connectivity index (χ0n) is 13.8. The van der Waals surface area contributed by atoms with Crippen molar-refractivity contribution in [1.82, 2.24) is 5.32 Å². The Morgan fingerprint density at radius 1 is 1.12 bits per heavy atom. The summed E-state index contributed by atoms with van der Waals surface area (Å²) in [7, 11) is 0. The highest BCUT2D eigenvalue weighted by atomic mass is 19.3. The average molecular weight is 345 g/mol. The number of carbonyl (C=O) groups excluding carboxylic acids is 1. The fourth-order valence-corrected chi connectivity index (χ4v) is 3.31. The van der Waals surface area contributed by atoms with Crippen molar-refractivity contribution in [2.75, 3.05) is 0 Å². The molecule has 2 aromatic rings. The Morgan fingerprint density at radius 3 is 2.56 bits per heavy atom. The summed E-state index contributed by atoms with van der Waals surface area (Å²) in [5, 5.41) is 13.7. The number of fused-ring (bicyclic) bond motifs is 1. The molecule has 0 radical (unpaired) electrons. The number of carbonyl (C=O) groups is 1. The fourth-order valence-electron chi connectivity index (χ4n) is 3.31. The van der Waals surface area contributed by atoms with Crippen LogP contribution in [-0.4, -0.2) is 23.0 Å². The Bertz CT molecular complexity index is 748. The number of alkyl halides is 2. The van der Waals surface area contributed by atoms with E-state index in [9.17, 15) is 18.7 Å². The molecule has 1 aliphatic rings. The molecule has 3 rings (SSSR count). The van der Waals surface area contributed by atoms with Gasteiger partial charge in [-0.15, -0.1) is 0 Å². The maximum Gasteiger partial charge on any atom is 0.264 e. The first kappa shape index (κ1) is 17.7. The minimum Gasteiger partial charge on any atom is -0.391 e. The first-order valence-corrected chi connectivity index (χ1v) is 8.44. The van der Waals surface area contributed by atoms with E-state index in [-0.39, 0.29) is 35.8 Å². The van der Waals surface area contributed by atoms with Crippen LogP contribution < -0.4 is 5.32 Å². The van der Waals surface area contributed by atoms with Gasteiger partial charge in [0, 0.05) is 30.1 Å². The van der Waals surface area contributed by atoms with E-state index in [0.29, 0.717) is 13.0 Å². The molecule has 0 aromatic heterocycles. The SMILES string of the molecule is O=C(CC[C@@H](O)[C@@H]1Cc2ccccc2CN1)c1ccccc1C(F)F. The van der Waals surface area contributed by atoms with Crippen LogP contribution in [0.2, 0.25) is 0 Å². The van der Waals surface area contributed by atoms with Crippen molar-refractivity contribution in [2.45, 2.75) is 44.4 Å². The summed E-state index contributed by atoms with van der Waals surface area (Å²) in [4.78, 5) is 12.3. The summed E-state index contributed by atoms with van der Waals surface area (Å²) in [6.07, 6.45) is -2.39. The monoisotopic (exact) mass is 345 g/mol. The topological polar surface area (TPSA) is 49.3 Å². The van der Waals surface area contributed by atoms with E-state index in [1.54, 1.807) is 6.07 Å². The van der Waals surface area contributed by atoms with Gasteiger partial charge in [0.2, 0.25) is 0 Å². The molecule has 3 nitrogen and oxygen atoms in total. The van der Waals surface area contributed by atoms with Gasteiger partial charge in [0.15, 0.2) is 5.78 Å². The van der Waals surface area contributed by atoms with Gasteiger partial charge in [0.25, 0.3) is 6.43 Å². The summed E-state index contributed by atoms with van der Waals surface area (Å²) in [5.41, 5.74) is 2.21. The van der Waals surface area contributed by atoms with Gasteiger partial charge in [-0.3, -0.25) is 4.79 Å². The molecular formula is C20H21F2NO2. The third kappa shape index (κ3) is 4.11. The molecule has 0 spiro atoms. The first-order chi connectivity index (χ1) is 12.1. The second-order valence-electron chi connectivity index (χ2n) is 6.38. The molecule has 0 fully saturated rings. The van der Waals surface area contributed by atoms with E-state index in [1.807, 2.05) is 18.2 Å². The van der Waals surface area contributed by atoms with Gasteiger partial charge < -0.3 is 10.4 Å². The Hall–Kier alpha value is -2.11. The third-order valence-corrected chi connectivity index (χ3v) is 4.74. The van der Waals surface area contributed by atoms with Gasteiger partial charge >= 0.3 is 0 Å². The van der Waals surface area contributed by atoms with Crippen molar-refractivity contribution in [3.63, 3.8) is 0 Å². The zero-order valence-corrected chi connectivity index (χ0v) is 13.8. The van der Waals surface area contributed by atoms with E-state index >= 15 is 0 Å². The third-order valence-electron chi connectivity index (χ3n) is 4.74. The van der Waals surface area contributed by atoms with Crippen LogP contribution in [0.1, 0.15) is 46.3 Å². The fraction of sp³-hybridized carbons (Fsp3) is 0.350. The number of ketones is 1. The van der Waals surface area contributed by atoms with Crippen LogP contribution in [0.25, 0.3) is 0 Å². The lowest BCUT2D eigenvalue weighted by atomic mass is 9.90. The number of nitrogens with one attached hydrogen (secondary N) is 1. The molecule has 0 unspecified atom stereocenters. The van der Waals surface area contributed by atoms with Crippen molar-refractivity contribution in [3.8, 4) is 0 Å². The number of halogens is 2. The van der Waals surface area contributed by atoms with Gasteiger partial charge in [0.05, 0.1) is 6.10 Å². The number of aliphatic hydroxyl groups is 1. The lowest BCUT2D eigenvalue weighted by molar-refractivity contribution is 0.0868. The van der Waals surface area contributed by atoms with Crippen molar-refractivity contribution >= 4 is 5.78 Å². The van der Waals surface area contributed by atoms with Crippen LogP contribution in [-0.2, 0) is 13.0 Å². The van der Waals surface area contributed by atoms with Crippen LogP contribution in [0.5, 0.6) is 0 Å². The number of Topliss-reactive ketones (excluding diaryl/α,β-unsaturated/α-hetero) is 1. The molecule has 2 N–H and O–H groups in total. The number of hydrogen-bond acceptors (Lipinski definition) is 3. The van der Waals surface area contributed by atoms with Crippen LogP contribution in [0, 0.1) is 0 Å². The van der Waals surface area contributed by atoms with E-state index < -0.39 is 12.5 Å². The zero-order chi connectivity index (χ0) is 17.8. The Balaban J connectivity index is 1.60. The largest absolute Gasteiger partial charge is 0.391 e. The standard InChI is InChI=1S/C20H21F2NO2/c21-20(22)16-8-4-3-7-15(16)18(24)9-10-19(25)17-11-13-5-1-2-6-14(13)12-23-17/h1-8,17,19-20,23,25H,9-12H2/t17-,19+/m0/s1. The van der Waals surface area contributed by atoms with E-state index in [1.165, 1.54) is 29.3 Å². The molecule has 0 amide bonds. The average Bonchev–Trinajstić information content (AvgIpc) is 2.65. The highest BCUT2D eigenvalue weighted by Crippen LogP contribution is 2.25. The Labute approximate surface area is 145 Å². The van der Waals surface area contributed by atoms with Crippen LogP contribution in [0.15, 0.2) is 48.5 Å². The first-order valence-electron chi connectivity index (χ1n) is 8.44. The van der Waals surface area contributed by atoms with E-state index in [2.05, 4.69) is 11.4 Å². The number of aliphatic hydroxyl groups excluding tert-OH is 1. The molecule has 1 heterocycles. The molecular weight excluding hydrogens is 324 g/mol. The van der Waals surface area contributed by atoms with Crippen molar-refractivity contribution in [2.24, 2.45) is 0 Å². The number of rotatable bonds is 6. The smallest absolute Gasteiger partial charge is 0.264 e. The number of benzene rings is 2. The van der Waals surface area contributed by atoms with Crippen LogP contribution >= 0.6 is 0 Å². The second-order valence-corrected chi connectivity index (χ2v) is 6.38. The Morgan fingerprint density at radius 2 is 1.80 bits per heavy atom. The maximum absolute atomic E-state index is 13.0. The summed E-state index contributed by atoms with van der Waals surface area (Å²) in [5.74, 6) is -0.355. The molecule has 25 heavy (non-hydrogen) atoms. The summed E-state index contributed by atoms with van der Waals surface area (Å²) in [6.45, 7) is 0.681. The Kier molecular flexibility index (Phi) is 5.56. The molecule has 0 saturated heterocycles. The minimum atomic E-state index is -2.68. The predicted octanol–water partition coefficient (Wildman–Crippen LogP) is 3.66. The molecule has 0 saturated carbocycles.